The highest BCUT2D eigenvalue weighted by atomic mass is 16.5. The number of carbonyl (C=O) groups is 1. The van der Waals surface area contributed by atoms with Crippen LogP contribution in [-0.2, 0) is 24.0 Å². The molecule has 0 fully saturated rings. The Kier molecular flexibility index (Phi) is 30.7. The van der Waals surface area contributed by atoms with Crippen LogP contribution in [0.1, 0.15) is 247 Å². The average Bonchev–Trinajstić information content (AvgIpc) is 3.20. The van der Waals surface area contributed by atoms with Crippen LogP contribution in [0.5, 0.6) is 0 Å². The number of esters is 1. The molecule has 312 valence electrons. The quantitative estimate of drug-likeness (QED) is 0.0391. The molecule has 0 aliphatic carbocycles. The van der Waals surface area contributed by atoms with Crippen LogP contribution < -0.4 is 0 Å². The molecule has 0 heterocycles. The summed E-state index contributed by atoms with van der Waals surface area (Å²) in [6.07, 6.45) is 44.6. The summed E-state index contributed by atoms with van der Waals surface area (Å²) < 4.78 is 5.16. The molecule has 0 unspecified atom stereocenters. The van der Waals surface area contributed by atoms with Crippen molar-refractivity contribution in [1.82, 2.24) is 0 Å². The fraction of sp³-hybridized carbons (Fsp3) is 0.745. The molecule has 0 amide bonds. The van der Waals surface area contributed by atoms with Crippen molar-refractivity contribution < 1.29 is 9.53 Å². The van der Waals surface area contributed by atoms with E-state index in [0.717, 1.165) is 24.2 Å². The van der Waals surface area contributed by atoms with Gasteiger partial charge >= 0.3 is 5.97 Å². The van der Waals surface area contributed by atoms with E-state index in [4.69, 9.17) is 9.85 Å². The Morgan fingerprint density at radius 2 is 0.745 bits per heavy atom. The minimum atomic E-state index is -0.294. The molecule has 0 aromatic heterocycles. The monoisotopic (exact) mass is 759 g/mol. The van der Waals surface area contributed by atoms with E-state index < -0.39 is 0 Å². The predicted octanol–water partition coefficient (Wildman–Crippen LogP) is 17.7. The molecule has 4 heteroatoms. The zero-order valence-electron chi connectivity index (χ0n) is 36.7. The van der Waals surface area contributed by atoms with Gasteiger partial charge in [0.2, 0.25) is 0 Å². The average molecular weight is 759 g/mol. The maximum atomic E-state index is 12.2. The van der Waals surface area contributed by atoms with Crippen LogP contribution in [0, 0.1) is 0 Å². The summed E-state index contributed by atoms with van der Waals surface area (Å²) in [5.41, 5.74) is 6.96. The van der Waals surface area contributed by atoms with Crippen LogP contribution in [-0.4, -0.2) is 12.6 Å². The predicted molar refractivity (Wildman–Crippen MR) is 240 cm³/mol. The number of azo groups is 1. The Hall–Kier alpha value is -2.49. The van der Waals surface area contributed by atoms with Gasteiger partial charge in [0.05, 0.1) is 23.5 Å². The third-order valence-electron chi connectivity index (χ3n) is 11.5. The van der Waals surface area contributed by atoms with Crippen molar-refractivity contribution in [2.75, 3.05) is 6.61 Å². The van der Waals surface area contributed by atoms with Crippen LogP contribution in [0.25, 0.3) is 0 Å². The molecular formula is C51H86N2O2. The van der Waals surface area contributed by atoms with Gasteiger partial charge in [-0.15, -0.1) is 0 Å². The second kappa shape index (κ2) is 34.7. The lowest BCUT2D eigenvalue weighted by atomic mass is 9.89. The molecule has 2 aromatic carbocycles. The first kappa shape index (κ1) is 48.7. The zero-order valence-corrected chi connectivity index (χ0v) is 36.7. The van der Waals surface area contributed by atoms with E-state index in [0.29, 0.717) is 12.2 Å². The number of hydrogen-bond donors (Lipinski definition) is 0. The van der Waals surface area contributed by atoms with Gasteiger partial charge < -0.3 is 4.74 Å². The molecule has 0 N–H and O–H groups in total. The third-order valence-corrected chi connectivity index (χ3v) is 11.5. The number of rotatable bonds is 37. The second-order valence-electron chi connectivity index (χ2n) is 16.5. The van der Waals surface area contributed by atoms with E-state index >= 15 is 0 Å². The first-order valence-electron chi connectivity index (χ1n) is 24.0. The molecule has 0 bridgehead atoms. The molecular weight excluding hydrogens is 673 g/mol. The summed E-state index contributed by atoms with van der Waals surface area (Å²) in [4.78, 5) is 12.2. The van der Waals surface area contributed by atoms with Crippen LogP contribution >= 0.6 is 0 Å². The molecule has 2 rings (SSSR count). The summed E-state index contributed by atoms with van der Waals surface area (Å²) in [7, 11) is 0. The molecule has 0 radical (unpaired) electrons. The number of carbonyl (C=O) groups excluding carboxylic acids is 1. The standard InChI is InChI=1S/C51H86N2O2/c1-5-9-12-15-18-21-24-27-30-33-36-46-43-49(53-52-48-41-39-45(40-42-48)51(54)55-8-4)44-47(37-34-31-28-25-22-19-16-13-10-6-2)50(46)38-35-32-29-26-23-20-17-14-11-7-3/h39-44H,5-38H2,1-4H3. The van der Waals surface area contributed by atoms with Gasteiger partial charge in [-0.2, -0.15) is 10.2 Å². The van der Waals surface area contributed by atoms with Crippen molar-refractivity contribution in [3.05, 3.63) is 58.7 Å². The van der Waals surface area contributed by atoms with E-state index in [-0.39, 0.29) is 5.97 Å². The van der Waals surface area contributed by atoms with Gasteiger partial charge in [0.15, 0.2) is 0 Å². The Balaban J connectivity index is 2.13. The lowest BCUT2D eigenvalue weighted by molar-refractivity contribution is 0.0526. The van der Waals surface area contributed by atoms with Gasteiger partial charge in [0, 0.05) is 0 Å². The summed E-state index contributed by atoms with van der Waals surface area (Å²) in [5, 5.41) is 9.46. The highest BCUT2D eigenvalue weighted by Crippen LogP contribution is 2.30. The van der Waals surface area contributed by atoms with Crippen LogP contribution in [0.15, 0.2) is 46.6 Å². The first-order valence-corrected chi connectivity index (χ1v) is 24.0. The van der Waals surface area contributed by atoms with Gasteiger partial charge in [-0.1, -0.05) is 194 Å². The molecule has 0 saturated carbocycles. The number of benzene rings is 2. The Labute approximate surface area is 340 Å². The number of hydrogen-bond acceptors (Lipinski definition) is 4. The third kappa shape index (κ3) is 24.7. The highest BCUT2D eigenvalue weighted by molar-refractivity contribution is 5.89. The van der Waals surface area contributed by atoms with Crippen LogP contribution in [0.4, 0.5) is 11.4 Å². The first-order chi connectivity index (χ1) is 27.1. The van der Waals surface area contributed by atoms with Gasteiger partial charge in [-0.3, -0.25) is 0 Å². The molecule has 0 atom stereocenters. The minimum Gasteiger partial charge on any atom is -0.462 e. The highest BCUT2D eigenvalue weighted by Gasteiger charge is 2.13. The maximum absolute atomic E-state index is 12.2. The normalized spacial score (nSPS) is 11.6. The fourth-order valence-corrected chi connectivity index (χ4v) is 7.99. The van der Waals surface area contributed by atoms with E-state index in [1.165, 1.54) is 210 Å². The Morgan fingerprint density at radius 1 is 0.418 bits per heavy atom. The van der Waals surface area contributed by atoms with E-state index in [2.05, 4.69) is 38.0 Å². The van der Waals surface area contributed by atoms with E-state index in [1.807, 2.05) is 19.1 Å². The van der Waals surface area contributed by atoms with E-state index in [9.17, 15) is 4.79 Å². The van der Waals surface area contributed by atoms with Crippen molar-refractivity contribution in [1.29, 1.82) is 0 Å². The Bertz CT molecular complexity index is 1170. The van der Waals surface area contributed by atoms with Crippen LogP contribution in [0.3, 0.4) is 0 Å². The van der Waals surface area contributed by atoms with Crippen molar-refractivity contribution in [2.45, 2.75) is 240 Å². The fourth-order valence-electron chi connectivity index (χ4n) is 7.99. The summed E-state index contributed by atoms with van der Waals surface area (Å²) in [6.45, 7) is 9.11. The lowest BCUT2D eigenvalue weighted by Crippen LogP contribution is -2.03. The molecule has 0 saturated heterocycles. The number of aryl methyl sites for hydroxylation is 2. The number of nitrogens with zero attached hydrogens (tertiary/aromatic N) is 2. The summed E-state index contributed by atoms with van der Waals surface area (Å²) >= 11 is 0. The van der Waals surface area contributed by atoms with Gasteiger partial charge in [0.1, 0.15) is 0 Å². The summed E-state index contributed by atoms with van der Waals surface area (Å²) in [5.74, 6) is -0.294. The molecule has 2 aromatic rings. The topological polar surface area (TPSA) is 51.0 Å². The van der Waals surface area contributed by atoms with Crippen molar-refractivity contribution >= 4 is 17.3 Å². The van der Waals surface area contributed by atoms with Gasteiger partial charge in [-0.05, 0) is 98.5 Å². The maximum Gasteiger partial charge on any atom is 0.338 e. The molecule has 0 spiro atoms. The molecule has 4 nitrogen and oxygen atoms in total. The summed E-state index contributed by atoms with van der Waals surface area (Å²) in [6, 6.07) is 12.0. The lowest BCUT2D eigenvalue weighted by Gasteiger charge is -2.17. The number of unbranched alkanes of at least 4 members (excludes halogenated alkanes) is 27. The minimum absolute atomic E-state index is 0.294. The van der Waals surface area contributed by atoms with Crippen molar-refractivity contribution in [3.8, 4) is 0 Å². The number of ether oxygens (including phenoxy) is 1. The Morgan fingerprint density at radius 3 is 1.11 bits per heavy atom. The second-order valence-corrected chi connectivity index (χ2v) is 16.5. The molecule has 55 heavy (non-hydrogen) atoms. The molecule has 0 aliphatic heterocycles. The van der Waals surface area contributed by atoms with Gasteiger partial charge in [-0.25, -0.2) is 4.79 Å². The van der Waals surface area contributed by atoms with Crippen molar-refractivity contribution in [3.63, 3.8) is 0 Å². The SMILES string of the molecule is CCCCCCCCCCCCc1cc(N=Nc2ccc(C(=O)OCC)cc2)cc(CCCCCCCCCCCC)c1CCCCCCCCCCCC. The zero-order chi connectivity index (χ0) is 39.4. The van der Waals surface area contributed by atoms with Gasteiger partial charge in [0.25, 0.3) is 0 Å². The van der Waals surface area contributed by atoms with E-state index in [1.54, 1.807) is 17.7 Å². The smallest absolute Gasteiger partial charge is 0.338 e. The molecule has 0 aliphatic rings. The largest absolute Gasteiger partial charge is 0.462 e. The van der Waals surface area contributed by atoms with Crippen molar-refractivity contribution in [2.24, 2.45) is 10.2 Å². The van der Waals surface area contributed by atoms with Crippen LogP contribution in [0.2, 0.25) is 0 Å².